The molecule has 0 bridgehead atoms. The van der Waals surface area contributed by atoms with Crippen LogP contribution in [0.25, 0.3) is 22.0 Å². The van der Waals surface area contributed by atoms with Crippen molar-refractivity contribution in [1.29, 1.82) is 0 Å². The Hall–Kier alpha value is -4.44. The zero-order valence-corrected chi connectivity index (χ0v) is 26.7. The van der Waals surface area contributed by atoms with Crippen LogP contribution in [0.3, 0.4) is 0 Å². The van der Waals surface area contributed by atoms with Crippen molar-refractivity contribution in [2.75, 3.05) is 19.7 Å². The van der Waals surface area contributed by atoms with Gasteiger partial charge in [-0.05, 0) is 62.1 Å². The summed E-state index contributed by atoms with van der Waals surface area (Å²) >= 11 is 6.39. The Morgan fingerprint density at radius 1 is 1.02 bits per heavy atom. The maximum absolute atomic E-state index is 15.0. The number of rotatable bonds is 5. The van der Waals surface area contributed by atoms with E-state index < -0.39 is 35.2 Å². The van der Waals surface area contributed by atoms with E-state index in [-0.39, 0.29) is 52.2 Å². The summed E-state index contributed by atoms with van der Waals surface area (Å²) in [5.74, 6) is -0.685. The second-order valence-electron chi connectivity index (χ2n) is 13.3. The van der Waals surface area contributed by atoms with Crippen molar-refractivity contribution in [3.05, 3.63) is 98.8 Å². The number of alkyl carbamates (subject to hydrolysis) is 1. The summed E-state index contributed by atoms with van der Waals surface area (Å²) in [6, 6.07) is 17.5. The first-order valence-corrected chi connectivity index (χ1v) is 15.8. The number of carbonyl (C=O) groups excluding carboxylic acids is 2. The molecule has 1 N–H and O–H groups in total. The van der Waals surface area contributed by atoms with Crippen LogP contribution < -0.4 is 10.9 Å². The first kappa shape index (κ1) is 30.2. The predicted molar refractivity (Wildman–Crippen MR) is 171 cm³/mol. The van der Waals surface area contributed by atoms with E-state index in [1.165, 1.54) is 16.7 Å². The first-order chi connectivity index (χ1) is 21.9. The molecule has 2 amide bonds. The summed E-state index contributed by atoms with van der Waals surface area (Å²) in [6.45, 7) is 8.03. The summed E-state index contributed by atoms with van der Waals surface area (Å²) in [5, 5.41) is 2.88. The van der Waals surface area contributed by atoms with E-state index in [0.717, 1.165) is 22.3 Å². The van der Waals surface area contributed by atoms with Crippen molar-refractivity contribution in [3.8, 4) is 11.1 Å². The van der Waals surface area contributed by atoms with Crippen LogP contribution >= 0.6 is 11.6 Å². The normalized spacial score (nSPS) is 20.6. The molecule has 1 saturated heterocycles. The van der Waals surface area contributed by atoms with Crippen molar-refractivity contribution < 1.29 is 23.5 Å². The first-order valence-electron chi connectivity index (χ1n) is 15.4. The van der Waals surface area contributed by atoms with Gasteiger partial charge in [-0.1, -0.05) is 60.1 Å². The van der Waals surface area contributed by atoms with Gasteiger partial charge in [-0.3, -0.25) is 9.36 Å². The maximum Gasteiger partial charge on any atom is 0.410 e. The molecule has 7 rings (SSSR count). The van der Waals surface area contributed by atoms with E-state index in [2.05, 4.69) is 22.4 Å². The smallest absolute Gasteiger partial charge is 0.410 e. The second kappa shape index (κ2) is 11.1. The third-order valence-electron chi connectivity index (χ3n) is 9.15. The standard InChI is InChI=1S/C35H34ClFN4O5/c1-18(38-33(43)45-17-25-21-11-7-5-9-19(21)20-10-6-8-12-22(20)25)31-39-29-27(37)14-13-26(36)28(29)32(42)41(31)30-23-15-40(16-24(23)30)34(44)46-35(2,3)4/h5-14,18,23-25,30H,15-17H2,1-4H3,(H,38,43)/t18-,23-,24+,30?/m0/s1. The monoisotopic (exact) mass is 644 g/mol. The zero-order chi connectivity index (χ0) is 32.5. The number of carbonyl (C=O) groups is 2. The number of halogens is 2. The van der Waals surface area contributed by atoms with Gasteiger partial charge in [-0.15, -0.1) is 0 Å². The summed E-state index contributed by atoms with van der Waals surface area (Å²) in [6.07, 6.45) is -1.09. The molecule has 2 heterocycles. The Morgan fingerprint density at radius 2 is 1.63 bits per heavy atom. The van der Waals surface area contributed by atoms with Gasteiger partial charge in [0.05, 0.1) is 16.5 Å². The zero-order valence-electron chi connectivity index (χ0n) is 25.9. The third kappa shape index (κ3) is 5.18. The lowest BCUT2D eigenvalue weighted by atomic mass is 9.98. The largest absolute Gasteiger partial charge is 0.449 e. The summed E-state index contributed by atoms with van der Waals surface area (Å²) in [5.41, 5.74) is 3.12. The fourth-order valence-electron chi connectivity index (χ4n) is 7.08. The molecule has 0 radical (unpaired) electrons. The highest BCUT2D eigenvalue weighted by atomic mass is 35.5. The molecule has 3 aliphatic rings. The van der Waals surface area contributed by atoms with Crippen molar-refractivity contribution in [1.82, 2.24) is 19.8 Å². The van der Waals surface area contributed by atoms with Gasteiger partial charge in [0, 0.05) is 36.9 Å². The Labute approximate surface area is 270 Å². The van der Waals surface area contributed by atoms with Gasteiger partial charge < -0.3 is 19.7 Å². The van der Waals surface area contributed by atoms with Crippen molar-refractivity contribution in [3.63, 3.8) is 0 Å². The number of piperidine rings is 1. The number of nitrogens with zero attached hydrogens (tertiary/aromatic N) is 3. The molecular formula is C35H34ClFN4O5. The lowest BCUT2D eigenvalue weighted by Crippen LogP contribution is -2.39. The lowest BCUT2D eigenvalue weighted by molar-refractivity contribution is 0.0266. The van der Waals surface area contributed by atoms with E-state index >= 15 is 4.39 Å². The number of hydrogen-bond donors (Lipinski definition) is 1. The Morgan fingerprint density at radius 3 is 2.24 bits per heavy atom. The highest BCUT2D eigenvalue weighted by molar-refractivity contribution is 6.35. The molecule has 2 aliphatic carbocycles. The van der Waals surface area contributed by atoms with Gasteiger partial charge in [0.2, 0.25) is 0 Å². The van der Waals surface area contributed by atoms with Crippen LogP contribution in [0.5, 0.6) is 0 Å². The van der Waals surface area contributed by atoms with Gasteiger partial charge >= 0.3 is 12.2 Å². The SMILES string of the molecule is C[C@H](NC(=O)OCC1c2ccccc2-c2ccccc21)c1nc2c(F)ccc(Cl)c2c(=O)n1C1[C@H]2CN(C(=O)OC(C)(C)C)C[C@@H]12. The van der Waals surface area contributed by atoms with E-state index in [9.17, 15) is 14.4 Å². The minimum Gasteiger partial charge on any atom is -0.449 e. The van der Waals surface area contributed by atoms with Gasteiger partial charge in [0.15, 0.2) is 0 Å². The molecule has 1 unspecified atom stereocenters. The van der Waals surface area contributed by atoms with E-state index in [1.807, 2.05) is 57.2 Å². The number of likely N-dealkylation sites (tertiary alicyclic amines) is 1. The average molecular weight is 645 g/mol. The maximum atomic E-state index is 15.0. The molecule has 1 saturated carbocycles. The molecule has 4 atom stereocenters. The van der Waals surface area contributed by atoms with Gasteiger partial charge in [-0.2, -0.15) is 0 Å². The minimum atomic E-state index is -0.811. The fraction of sp³-hybridized carbons (Fsp3) is 0.371. The topological polar surface area (TPSA) is 103 Å². The van der Waals surface area contributed by atoms with Crippen LogP contribution in [0, 0.1) is 17.7 Å². The summed E-state index contributed by atoms with van der Waals surface area (Å²) in [4.78, 5) is 46.1. The number of aromatic nitrogens is 2. The van der Waals surface area contributed by atoms with Crippen LogP contribution in [-0.2, 0) is 9.47 Å². The number of nitrogens with one attached hydrogen (secondary N) is 1. The van der Waals surface area contributed by atoms with Crippen LogP contribution in [0.2, 0.25) is 5.02 Å². The molecule has 238 valence electrons. The molecule has 46 heavy (non-hydrogen) atoms. The number of hydrogen-bond acceptors (Lipinski definition) is 6. The van der Waals surface area contributed by atoms with Crippen LogP contribution in [-0.4, -0.2) is 51.9 Å². The number of benzene rings is 3. The van der Waals surface area contributed by atoms with Gasteiger partial charge in [-0.25, -0.2) is 19.0 Å². The van der Waals surface area contributed by atoms with Crippen molar-refractivity contribution in [2.45, 2.75) is 51.3 Å². The van der Waals surface area contributed by atoms with Crippen LogP contribution in [0.15, 0.2) is 65.5 Å². The summed E-state index contributed by atoms with van der Waals surface area (Å²) < 4.78 is 27.8. The molecule has 4 aromatic rings. The summed E-state index contributed by atoms with van der Waals surface area (Å²) in [7, 11) is 0. The average Bonchev–Trinajstić information content (AvgIpc) is 3.33. The highest BCUT2D eigenvalue weighted by Crippen LogP contribution is 2.55. The number of amides is 2. The quantitative estimate of drug-likeness (QED) is 0.256. The molecule has 11 heteroatoms. The molecule has 0 spiro atoms. The molecule has 2 fully saturated rings. The van der Waals surface area contributed by atoms with Crippen molar-refractivity contribution >= 4 is 34.7 Å². The molecular weight excluding hydrogens is 611 g/mol. The third-order valence-corrected chi connectivity index (χ3v) is 9.46. The van der Waals surface area contributed by atoms with Crippen molar-refractivity contribution in [2.24, 2.45) is 11.8 Å². The molecule has 3 aromatic carbocycles. The fourth-order valence-corrected chi connectivity index (χ4v) is 7.31. The van der Waals surface area contributed by atoms with E-state index in [0.29, 0.717) is 13.1 Å². The van der Waals surface area contributed by atoms with Crippen LogP contribution in [0.1, 0.15) is 62.6 Å². The second-order valence-corrected chi connectivity index (χ2v) is 13.7. The number of fused-ring (bicyclic) bond motifs is 5. The Bertz CT molecular complexity index is 1900. The van der Waals surface area contributed by atoms with E-state index in [4.69, 9.17) is 21.1 Å². The van der Waals surface area contributed by atoms with Crippen LogP contribution in [0.4, 0.5) is 14.0 Å². The Kier molecular flexibility index (Phi) is 7.31. The van der Waals surface area contributed by atoms with E-state index in [1.54, 1.807) is 11.8 Å². The van der Waals surface area contributed by atoms with Gasteiger partial charge in [0.1, 0.15) is 29.4 Å². The molecule has 1 aromatic heterocycles. The predicted octanol–water partition coefficient (Wildman–Crippen LogP) is 6.83. The van der Waals surface area contributed by atoms with Gasteiger partial charge in [0.25, 0.3) is 5.56 Å². The molecule has 1 aliphatic heterocycles. The molecule has 9 nitrogen and oxygen atoms in total. The Balaban J connectivity index is 1.13. The minimum absolute atomic E-state index is 0.0206. The lowest BCUT2D eigenvalue weighted by Gasteiger charge is -2.27. The highest BCUT2D eigenvalue weighted by Gasteiger charge is 2.59. The number of ether oxygens (including phenoxy) is 2.